The van der Waals surface area contributed by atoms with Crippen molar-refractivity contribution in [2.75, 3.05) is 11.9 Å². The summed E-state index contributed by atoms with van der Waals surface area (Å²) < 4.78 is 0. The standard InChI is InChI=1S/C22H31NO/c1-15-10-12-21-20(13-15)17(3)19(11-9-16(2)14-24)22(23-21)18-7-5-4-6-8-18/h4-7,10,12-13,16-19,22-24H,8-9,11,14H2,1-3H3/t16-,17?,18?,19-,22+/m1/s1. The number of hydrogen-bond acceptors (Lipinski definition) is 2. The molecule has 24 heavy (non-hydrogen) atoms. The Bertz CT molecular complexity index is 618. The third-order valence-electron chi connectivity index (χ3n) is 5.90. The fraction of sp³-hybridized carbons (Fsp3) is 0.545. The smallest absolute Gasteiger partial charge is 0.0456 e. The summed E-state index contributed by atoms with van der Waals surface area (Å²) in [4.78, 5) is 0. The van der Waals surface area contributed by atoms with Crippen molar-refractivity contribution in [3.8, 4) is 0 Å². The minimum Gasteiger partial charge on any atom is -0.396 e. The van der Waals surface area contributed by atoms with Crippen LogP contribution in [0.25, 0.3) is 0 Å². The highest BCUT2D eigenvalue weighted by molar-refractivity contribution is 5.57. The largest absolute Gasteiger partial charge is 0.396 e. The average Bonchev–Trinajstić information content (AvgIpc) is 2.61. The van der Waals surface area contributed by atoms with E-state index >= 15 is 0 Å². The zero-order valence-corrected chi connectivity index (χ0v) is 15.2. The first kappa shape index (κ1) is 17.3. The normalized spacial score (nSPS) is 29.8. The minimum atomic E-state index is 0.293. The number of fused-ring (bicyclic) bond motifs is 1. The molecule has 0 aromatic heterocycles. The van der Waals surface area contributed by atoms with Crippen molar-refractivity contribution in [1.29, 1.82) is 0 Å². The molecule has 5 atom stereocenters. The molecule has 0 amide bonds. The second-order valence-electron chi connectivity index (χ2n) is 7.79. The Morgan fingerprint density at radius 3 is 2.83 bits per heavy atom. The monoisotopic (exact) mass is 325 g/mol. The molecule has 2 unspecified atom stereocenters. The van der Waals surface area contributed by atoms with Gasteiger partial charge in [-0.05, 0) is 55.6 Å². The zero-order chi connectivity index (χ0) is 17.1. The van der Waals surface area contributed by atoms with Crippen LogP contribution in [0.1, 0.15) is 50.2 Å². The average molecular weight is 325 g/mol. The van der Waals surface area contributed by atoms with Gasteiger partial charge in [0, 0.05) is 24.3 Å². The van der Waals surface area contributed by atoms with Crippen LogP contribution in [0.3, 0.4) is 0 Å². The number of aliphatic hydroxyl groups is 1. The number of allylic oxidation sites excluding steroid dienone is 3. The Morgan fingerprint density at radius 2 is 2.12 bits per heavy atom. The molecule has 0 saturated heterocycles. The lowest BCUT2D eigenvalue weighted by molar-refractivity contribution is 0.208. The SMILES string of the molecule is Cc1ccc2c(c1)C(C)[C@@H](CC[C@@H](C)CO)[C@H](C1C=CC=CC1)N2. The first-order chi connectivity index (χ1) is 11.6. The summed E-state index contributed by atoms with van der Waals surface area (Å²) in [6, 6.07) is 7.29. The third kappa shape index (κ3) is 3.59. The van der Waals surface area contributed by atoms with E-state index in [1.54, 1.807) is 0 Å². The van der Waals surface area contributed by atoms with Crippen LogP contribution in [0.2, 0.25) is 0 Å². The van der Waals surface area contributed by atoms with Crippen LogP contribution >= 0.6 is 0 Å². The number of benzene rings is 1. The molecule has 2 N–H and O–H groups in total. The number of aryl methyl sites for hydroxylation is 1. The van der Waals surface area contributed by atoms with Crippen LogP contribution < -0.4 is 5.32 Å². The first-order valence-corrected chi connectivity index (χ1v) is 9.41. The zero-order valence-electron chi connectivity index (χ0n) is 15.2. The minimum absolute atomic E-state index is 0.293. The van der Waals surface area contributed by atoms with Gasteiger partial charge >= 0.3 is 0 Å². The maximum absolute atomic E-state index is 9.40. The van der Waals surface area contributed by atoms with E-state index in [1.165, 1.54) is 23.2 Å². The summed E-state index contributed by atoms with van der Waals surface area (Å²) in [6.45, 7) is 7.01. The van der Waals surface area contributed by atoms with Gasteiger partial charge in [0.25, 0.3) is 0 Å². The van der Waals surface area contributed by atoms with Crippen molar-refractivity contribution in [2.24, 2.45) is 17.8 Å². The molecule has 1 aliphatic carbocycles. The van der Waals surface area contributed by atoms with Gasteiger partial charge in [0.1, 0.15) is 0 Å². The lowest BCUT2D eigenvalue weighted by atomic mass is 9.70. The molecule has 2 heteroatoms. The van der Waals surface area contributed by atoms with E-state index in [-0.39, 0.29) is 0 Å². The molecule has 1 aromatic rings. The quantitative estimate of drug-likeness (QED) is 0.794. The molecule has 3 rings (SSSR count). The molecule has 0 bridgehead atoms. The second-order valence-corrected chi connectivity index (χ2v) is 7.79. The van der Waals surface area contributed by atoms with E-state index in [0.717, 1.165) is 12.8 Å². The molecule has 2 aliphatic rings. The number of aliphatic hydroxyl groups excluding tert-OH is 1. The van der Waals surface area contributed by atoms with E-state index in [2.05, 4.69) is 68.6 Å². The van der Waals surface area contributed by atoms with Crippen LogP contribution in [0.4, 0.5) is 5.69 Å². The summed E-state index contributed by atoms with van der Waals surface area (Å²) in [7, 11) is 0. The number of anilines is 1. The van der Waals surface area contributed by atoms with Crippen molar-refractivity contribution < 1.29 is 5.11 Å². The van der Waals surface area contributed by atoms with E-state index in [1.807, 2.05) is 0 Å². The van der Waals surface area contributed by atoms with Crippen molar-refractivity contribution in [1.82, 2.24) is 0 Å². The van der Waals surface area contributed by atoms with Crippen LogP contribution in [0.5, 0.6) is 0 Å². The molecule has 1 aromatic carbocycles. The van der Waals surface area contributed by atoms with Crippen molar-refractivity contribution in [3.63, 3.8) is 0 Å². The summed E-state index contributed by atoms with van der Waals surface area (Å²) in [6.07, 6.45) is 12.4. The van der Waals surface area contributed by atoms with Crippen LogP contribution in [0, 0.1) is 24.7 Å². The van der Waals surface area contributed by atoms with E-state index in [9.17, 15) is 5.11 Å². The maximum Gasteiger partial charge on any atom is 0.0456 e. The highest BCUT2D eigenvalue weighted by atomic mass is 16.3. The van der Waals surface area contributed by atoms with Gasteiger partial charge < -0.3 is 10.4 Å². The molecule has 0 fully saturated rings. The predicted octanol–water partition coefficient (Wildman–Crippen LogP) is 5.05. The number of rotatable bonds is 5. The van der Waals surface area contributed by atoms with Gasteiger partial charge in [0.05, 0.1) is 0 Å². The molecule has 2 nitrogen and oxygen atoms in total. The molecule has 130 valence electrons. The van der Waals surface area contributed by atoms with Gasteiger partial charge in [-0.1, -0.05) is 55.8 Å². The second kappa shape index (κ2) is 7.57. The summed E-state index contributed by atoms with van der Waals surface area (Å²) >= 11 is 0. The Balaban J connectivity index is 1.87. The maximum atomic E-state index is 9.40. The third-order valence-corrected chi connectivity index (χ3v) is 5.90. The molecule has 1 aliphatic heterocycles. The number of nitrogens with one attached hydrogen (secondary N) is 1. The first-order valence-electron chi connectivity index (χ1n) is 9.41. The Kier molecular flexibility index (Phi) is 5.45. The van der Waals surface area contributed by atoms with Crippen LogP contribution in [-0.4, -0.2) is 17.8 Å². The van der Waals surface area contributed by atoms with E-state index in [0.29, 0.717) is 36.3 Å². The molecular formula is C22H31NO. The predicted molar refractivity (Wildman–Crippen MR) is 102 cm³/mol. The molecule has 0 spiro atoms. The topological polar surface area (TPSA) is 32.3 Å². The Hall–Kier alpha value is -1.54. The lowest BCUT2D eigenvalue weighted by Gasteiger charge is -2.43. The van der Waals surface area contributed by atoms with Gasteiger partial charge in [-0.25, -0.2) is 0 Å². The van der Waals surface area contributed by atoms with Crippen molar-refractivity contribution in [3.05, 3.63) is 53.6 Å². The van der Waals surface area contributed by atoms with E-state index < -0.39 is 0 Å². The van der Waals surface area contributed by atoms with Crippen molar-refractivity contribution in [2.45, 2.75) is 52.0 Å². The van der Waals surface area contributed by atoms with Gasteiger partial charge in [-0.15, -0.1) is 0 Å². The Morgan fingerprint density at radius 1 is 1.29 bits per heavy atom. The molecule has 0 radical (unpaired) electrons. The van der Waals surface area contributed by atoms with Gasteiger partial charge in [0.15, 0.2) is 0 Å². The molecular weight excluding hydrogens is 294 g/mol. The van der Waals surface area contributed by atoms with Crippen LogP contribution in [0.15, 0.2) is 42.5 Å². The van der Waals surface area contributed by atoms with Gasteiger partial charge in [0.2, 0.25) is 0 Å². The fourth-order valence-electron chi connectivity index (χ4n) is 4.31. The molecule has 0 saturated carbocycles. The summed E-state index contributed by atoms with van der Waals surface area (Å²) in [5, 5.41) is 13.3. The Labute approximate surface area is 146 Å². The van der Waals surface area contributed by atoms with Gasteiger partial charge in [-0.2, -0.15) is 0 Å². The van der Waals surface area contributed by atoms with Crippen LogP contribution in [-0.2, 0) is 0 Å². The molecule has 1 heterocycles. The van der Waals surface area contributed by atoms with Gasteiger partial charge in [-0.3, -0.25) is 0 Å². The summed E-state index contributed by atoms with van der Waals surface area (Å²) in [5.74, 6) is 2.10. The highest BCUT2D eigenvalue weighted by Gasteiger charge is 2.37. The van der Waals surface area contributed by atoms with E-state index in [4.69, 9.17) is 0 Å². The fourth-order valence-corrected chi connectivity index (χ4v) is 4.31. The van der Waals surface area contributed by atoms with Crippen molar-refractivity contribution >= 4 is 5.69 Å². The lowest BCUT2D eigenvalue weighted by Crippen LogP contribution is -2.42. The number of hydrogen-bond donors (Lipinski definition) is 2. The highest BCUT2D eigenvalue weighted by Crippen LogP contribution is 2.44. The summed E-state index contributed by atoms with van der Waals surface area (Å²) in [5.41, 5.74) is 4.11.